The third-order valence-corrected chi connectivity index (χ3v) is 4.94. The monoisotopic (exact) mass is 294 g/mol. The van der Waals surface area contributed by atoms with E-state index in [9.17, 15) is 14.7 Å². The normalized spacial score (nSPS) is 22.6. The summed E-state index contributed by atoms with van der Waals surface area (Å²) in [6.07, 6.45) is 5.66. The van der Waals surface area contributed by atoms with Crippen LogP contribution in [0.4, 0.5) is 0 Å². The number of fused-ring (bicyclic) bond motifs is 1. The number of hydrogen-bond donors (Lipinski definition) is 1. The van der Waals surface area contributed by atoms with Gasteiger partial charge in [0.1, 0.15) is 10.7 Å². The molecule has 7 heteroatoms. The Kier molecular flexibility index (Phi) is 3.16. The SMILES string of the molecule is O=C(O)C1=C(C=Cc2nccs2)CSC2CC(=O)N12. The van der Waals surface area contributed by atoms with Crippen LogP contribution in [0.2, 0.25) is 0 Å². The highest BCUT2D eigenvalue weighted by atomic mass is 32.2. The maximum Gasteiger partial charge on any atom is 0.352 e. The molecule has 98 valence electrons. The topological polar surface area (TPSA) is 70.5 Å². The largest absolute Gasteiger partial charge is 0.477 e. The van der Waals surface area contributed by atoms with Gasteiger partial charge in [0.15, 0.2) is 0 Å². The number of aliphatic carboxylic acids is 1. The van der Waals surface area contributed by atoms with Crippen LogP contribution in [0.1, 0.15) is 11.4 Å². The fraction of sp³-hybridized carbons (Fsp3) is 0.250. The first-order valence-corrected chi connectivity index (χ1v) is 7.57. The van der Waals surface area contributed by atoms with Gasteiger partial charge < -0.3 is 5.11 Å². The zero-order valence-electron chi connectivity index (χ0n) is 9.78. The second-order valence-corrected chi connectivity index (χ2v) is 6.21. The number of rotatable bonds is 3. The molecule has 0 bridgehead atoms. The van der Waals surface area contributed by atoms with Crippen LogP contribution >= 0.6 is 23.1 Å². The second kappa shape index (κ2) is 4.82. The van der Waals surface area contributed by atoms with Crippen molar-refractivity contribution >= 4 is 41.1 Å². The molecular weight excluding hydrogens is 284 g/mol. The Morgan fingerprint density at radius 2 is 2.37 bits per heavy atom. The summed E-state index contributed by atoms with van der Waals surface area (Å²) in [6.45, 7) is 0. The lowest BCUT2D eigenvalue weighted by molar-refractivity contribution is -0.146. The molecule has 1 amide bonds. The smallest absolute Gasteiger partial charge is 0.352 e. The zero-order valence-corrected chi connectivity index (χ0v) is 11.4. The molecule has 5 nitrogen and oxygen atoms in total. The Balaban J connectivity index is 1.94. The van der Waals surface area contributed by atoms with E-state index in [4.69, 9.17) is 0 Å². The van der Waals surface area contributed by atoms with Crippen LogP contribution < -0.4 is 0 Å². The molecule has 1 atom stereocenters. The number of nitrogens with zero attached hydrogens (tertiary/aromatic N) is 2. The Bertz CT molecular complexity index is 592. The van der Waals surface area contributed by atoms with E-state index in [0.717, 1.165) is 5.01 Å². The van der Waals surface area contributed by atoms with Crippen LogP contribution in [0, 0.1) is 0 Å². The number of aromatic nitrogens is 1. The molecule has 1 N–H and O–H groups in total. The Morgan fingerprint density at radius 3 is 3.00 bits per heavy atom. The van der Waals surface area contributed by atoms with Gasteiger partial charge in [0.25, 0.3) is 0 Å². The Morgan fingerprint density at radius 1 is 1.53 bits per heavy atom. The molecule has 2 aliphatic rings. The van der Waals surface area contributed by atoms with E-state index in [0.29, 0.717) is 17.7 Å². The number of hydrogen-bond acceptors (Lipinski definition) is 5. The first-order valence-electron chi connectivity index (χ1n) is 5.64. The molecule has 0 spiro atoms. The number of amides is 1. The minimum absolute atomic E-state index is 0.00406. The van der Waals surface area contributed by atoms with Gasteiger partial charge in [-0.2, -0.15) is 0 Å². The van der Waals surface area contributed by atoms with Crippen molar-refractivity contribution in [3.05, 3.63) is 33.9 Å². The number of carboxylic acid groups (broad SMARTS) is 1. The molecule has 0 saturated carbocycles. The van der Waals surface area contributed by atoms with Crippen molar-refractivity contribution < 1.29 is 14.7 Å². The summed E-state index contributed by atoms with van der Waals surface area (Å²) in [7, 11) is 0. The van der Waals surface area contributed by atoms with E-state index in [1.165, 1.54) is 16.2 Å². The van der Waals surface area contributed by atoms with Gasteiger partial charge in [-0.1, -0.05) is 6.08 Å². The molecule has 1 saturated heterocycles. The quantitative estimate of drug-likeness (QED) is 0.861. The third kappa shape index (κ3) is 2.19. The maximum atomic E-state index is 11.5. The average Bonchev–Trinajstić information content (AvgIpc) is 2.88. The number of carbonyl (C=O) groups is 2. The van der Waals surface area contributed by atoms with Crippen molar-refractivity contribution in [2.75, 3.05) is 5.75 Å². The first-order chi connectivity index (χ1) is 9.16. The molecule has 3 heterocycles. The van der Waals surface area contributed by atoms with Gasteiger partial charge in [0.2, 0.25) is 5.91 Å². The van der Waals surface area contributed by atoms with E-state index in [1.807, 2.05) is 5.38 Å². The molecule has 0 radical (unpaired) electrons. The molecule has 1 aromatic rings. The minimum Gasteiger partial charge on any atom is -0.477 e. The summed E-state index contributed by atoms with van der Waals surface area (Å²) in [5, 5.41) is 12.0. The predicted molar refractivity (Wildman–Crippen MR) is 73.5 cm³/mol. The van der Waals surface area contributed by atoms with Gasteiger partial charge in [0, 0.05) is 17.3 Å². The van der Waals surface area contributed by atoms with Crippen LogP contribution in [-0.2, 0) is 9.59 Å². The van der Waals surface area contributed by atoms with E-state index >= 15 is 0 Å². The summed E-state index contributed by atoms with van der Waals surface area (Å²) in [5.41, 5.74) is 0.782. The predicted octanol–water partition coefficient (Wildman–Crippen LogP) is 1.80. The van der Waals surface area contributed by atoms with Crippen LogP contribution in [0.3, 0.4) is 0 Å². The van der Waals surface area contributed by atoms with Crippen molar-refractivity contribution in [3.8, 4) is 0 Å². The summed E-state index contributed by atoms with van der Waals surface area (Å²) < 4.78 is 0. The highest BCUT2D eigenvalue weighted by Crippen LogP contribution is 2.40. The molecule has 3 rings (SSSR count). The second-order valence-electron chi connectivity index (χ2n) is 4.12. The molecule has 2 aliphatic heterocycles. The van der Waals surface area contributed by atoms with Crippen molar-refractivity contribution in [1.29, 1.82) is 0 Å². The summed E-state index contributed by atoms with van der Waals surface area (Å²) in [4.78, 5) is 28.4. The van der Waals surface area contributed by atoms with Crippen LogP contribution in [-0.4, -0.2) is 38.0 Å². The minimum atomic E-state index is -1.04. The zero-order chi connectivity index (χ0) is 13.4. The van der Waals surface area contributed by atoms with E-state index in [1.54, 1.807) is 30.1 Å². The lowest BCUT2D eigenvalue weighted by Gasteiger charge is -2.43. The van der Waals surface area contributed by atoms with Crippen molar-refractivity contribution in [2.24, 2.45) is 0 Å². The number of β-lactam (4-membered cyclic amide) rings is 1. The molecule has 1 unspecified atom stereocenters. The lowest BCUT2D eigenvalue weighted by atomic mass is 10.1. The van der Waals surface area contributed by atoms with E-state index < -0.39 is 5.97 Å². The third-order valence-electron chi connectivity index (χ3n) is 2.96. The van der Waals surface area contributed by atoms with Gasteiger partial charge in [0.05, 0.1) is 11.8 Å². The van der Waals surface area contributed by atoms with Crippen molar-refractivity contribution in [2.45, 2.75) is 11.8 Å². The molecule has 1 aromatic heterocycles. The number of allylic oxidation sites excluding steroid dienone is 1. The van der Waals surface area contributed by atoms with Gasteiger partial charge in [-0.3, -0.25) is 9.69 Å². The van der Waals surface area contributed by atoms with Crippen molar-refractivity contribution in [3.63, 3.8) is 0 Å². The molecule has 0 aromatic carbocycles. The highest BCUT2D eigenvalue weighted by Gasteiger charge is 2.44. The lowest BCUT2D eigenvalue weighted by Crippen LogP contribution is -2.53. The average molecular weight is 294 g/mol. The van der Waals surface area contributed by atoms with Crippen LogP contribution in [0.25, 0.3) is 6.08 Å². The first kappa shape index (κ1) is 12.4. The fourth-order valence-electron chi connectivity index (χ4n) is 2.05. The Hall–Kier alpha value is -1.60. The number of carboxylic acids is 1. The summed E-state index contributed by atoms with van der Waals surface area (Å²) >= 11 is 3.08. The summed E-state index contributed by atoms with van der Waals surface area (Å²) in [5.74, 6) is -0.551. The van der Waals surface area contributed by atoms with Gasteiger partial charge in [-0.25, -0.2) is 9.78 Å². The number of thiazole rings is 1. The van der Waals surface area contributed by atoms with E-state index in [-0.39, 0.29) is 17.0 Å². The molecule has 19 heavy (non-hydrogen) atoms. The van der Waals surface area contributed by atoms with Crippen LogP contribution in [0.5, 0.6) is 0 Å². The number of thioether (sulfide) groups is 1. The van der Waals surface area contributed by atoms with Crippen LogP contribution in [0.15, 0.2) is 28.9 Å². The van der Waals surface area contributed by atoms with Crippen molar-refractivity contribution in [1.82, 2.24) is 9.88 Å². The summed E-state index contributed by atoms with van der Waals surface area (Å²) in [6, 6.07) is 0. The van der Waals surface area contributed by atoms with Gasteiger partial charge in [-0.15, -0.1) is 23.1 Å². The molecule has 0 aliphatic carbocycles. The van der Waals surface area contributed by atoms with Gasteiger partial charge >= 0.3 is 5.97 Å². The Labute approximate surface area is 117 Å². The highest BCUT2D eigenvalue weighted by molar-refractivity contribution is 8.00. The standard InChI is InChI=1S/C12H10N2O3S2/c15-9-5-10-14(9)11(12(16)17)7(6-19-10)1-2-8-13-3-4-18-8/h1-4,10H,5-6H2,(H,16,17). The number of carbonyl (C=O) groups excluding carboxylic acids is 1. The fourth-order valence-corrected chi connectivity index (χ4v) is 3.82. The van der Waals surface area contributed by atoms with Gasteiger partial charge in [-0.05, 0) is 11.6 Å². The molecule has 1 fully saturated rings. The van der Waals surface area contributed by atoms with E-state index in [2.05, 4.69) is 4.98 Å². The molecular formula is C12H10N2O3S2. The maximum absolute atomic E-state index is 11.5.